The van der Waals surface area contributed by atoms with Crippen molar-refractivity contribution in [2.45, 2.75) is 25.4 Å². The Hall–Kier alpha value is -2.89. The predicted molar refractivity (Wildman–Crippen MR) is 140 cm³/mol. The van der Waals surface area contributed by atoms with Gasteiger partial charge in [0.2, 0.25) is 11.2 Å². The lowest BCUT2D eigenvalue weighted by atomic mass is 9.77. The maximum atomic E-state index is 14.3. The van der Waals surface area contributed by atoms with Crippen LogP contribution < -0.4 is 21.3 Å². The Balaban J connectivity index is 1.27. The van der Waals surface area contributed by atoms with Gasteiger partial charge in [0.15, 0.2) is 11.6 Å². The van der Waals surface area contributed by atoms with E-state index in [0.717, 1.165) is 63.0 Å². The van der Waals surface area contributed by atoms with Crippen molar-refractivity contribution in [3.05, 3.63) is 46.0 Å². The molecule has 2 bridgehead atoms. The molecule has 1 aliphatic heterocycles. The molecule has 1 aromatic heterocycles. The first-order valence-electron chi connectivity index (χ1n) is 12.7. The highest BCUT2D eigenvalue weighted by Crippen LogP contribution is 2.52. The molecule has 5 atom stereocenters. The highest BCUT2D eigenvalue weighted by atomic mass is 35.5. The van der Waals surface area contributed by atoms with Gasteiger partial charge in [-0.2, -0.15) is 4.98 Å². The smallest absolute Gasteiger partial charge is 0.224 e. The molecule has 198 valence electrons. The Morgan fingerprint density at radius 3 is 2.78 bits per heavy atom. The number of amides is 1. The van der Waals surface area contributed by atoms with Crippen LogP contribution in [0, 0.1) is 34.4 Å². The quantitative estimate of drug-likeness (QED) is 0.333. The molecule has 0 unspecified atom stereocenters. The van der Waals surface area contributed by atoms with Crippen molar-refractivity contribution in [3.8, 4) is 0 Å². The number of likely N-dealkylation sites (N-methyl/N-ethyl adjacent to an activating group) is 1. The molecule has 1 saturated heterocycles. The number of hydrogen-bond acceptors (Lipinski definition) is 9. The van der Waals surface area contributed by atoms with Crippen LogP contribution in [0.5, 0.6) is 0 Å². The molecule has 0 spiro atoms. The molecule has 4 N–H and O–H groups in total. The standard InChI is InChI=1S/C25H32ClFN8O2/c1-34-4-6-35(7-5-34)20-3-2-17(33-37)9-16(20)12-29-11-15-8-14-10-18(15)22(21(14)23(28)36)31-24-19(27)13-30-25(26)32-24/h2-3,9,13-15,18,21-22,29H,4-8,10-12H2,1H3,(H2,28,36)(H,30,31,32)/t14-,15+,18-,21+,22-/m1/s1. The van der Waals surface area contributed by atoms with Crippen LogP contribution in [0.2, 0.25) is 5.28 Å². The largest absolute Gasteiger partial charge is 0.369 e. The lowest BCUT2D eigenvalue weighted by Gasteiger charge is -2.36. The average molecular weight is 531 g/mol. The van der Waals surface area contributed by atoms with Gasteiger partial charge < -0.3 is 26.2 Å². The zero-order valence-electron chi connectivity index (χ0n) is 20.7. The van der Waals surface area contributed by atoms with Gasteiger partial charge in [-0.05, 0) is 84.7 Å². The third-order valence-corrected chi connectivity index (χ3v) is 8.41. The van der Waals surface area contributed by atoms with E-state index in [1.165, 1.54) is 0 Å². The monoisotopic (exact) mass is 530 g/mol. The summed E-state index contributed by atoms with van der Waals surface area (Å²) in [7, 11) is 2.12. The number of rotatable bonds is 9. The number of piperazine rings is 1. The SMILES string of the molecule is CN1CCN(c2ccc(N=O)cc2CNC[C@@H]2C[C@@H]3C[C@H]2[C@@H](Nc2nc(Cl)ncc2F)[C@H]3C(N)=O)CC1. The Kier molecular flexibility index (Phi) is 7.55. The van der Waals surface area contributed by atoms with Gasteiger partial charge in [-0.3, -0.25) is 4.79 Å². The molecule has 3 aliphatic rings. The molecule has 3 fully saturated rings. The van der Waals surface area contributed by atoms with Gasteiger partial charge in [0.05, 0.1) is 12.1 Å². The number of halogens is 2. The van der Waals surface area contributed by atoms with Crippen LogP contribution in [0.25, 0.3) is 0 Å². The second kappa shape index (κ2) is 10.8. The van der Waals surface area contributed by atoms with Crippen LogP contribution in [-0.4, -0.2) is 66.6 Å². The van der Waals surface area contributed by atoms with Crippen LogP contribution in [0.4, 0.5) is 21.6 Å². The number of nitrogens with one attached hydrogen (secondary N) is 2. The fraction of sp³-hybridized carbons (Fsp3) is 0.560. The summed E-state index contributed by atoms with van der Waals surface area (Å²) in [5, 5.41) is 9.76. The summed E-state index contributed by atoms with van der Waals surface area (Å²) in [5.41, 5.74) is 8.31. The molecule has 1 aromatic carbocycles. The second-order valence-electron chi connectivity index (χ2n) is 10.4. The Morgan fingerprint density at radius 2 is 2.05 bits per heavy atom. The van der Waals surface area contributed by atoms with Gasteiger partial charge in [-0.15, -0.1) is 4.91 Å². The summed E-state index contributed by atoms with van der Waals surface area (Å²) in [5.74, 6) is -0.868. The van der Waals surface area contributed by atoms with Gasteiger partial charge in [0.1, 0.15) is 5.69 Å². The maximum absolute atomic E-state index is 14.3. The van der Waals surface area contributed by atoms with Crippen molar-refractivity contribution in [3.63, 3.8) is 0 Å². The van der Waals surface area contributed by atoms with Crippen molar-refractivity contribution in [2.75, 3.05) is 50.0 Å². The van der Waals surface area contributed by atoms with E-state index < -0.39 is 11.7 Å². The number of carbonyl (C=O) groups is 1. The molecule has 2 saturated carbocycles. The Bertz CT molecular complexity index is 1160. The van der Waals surface area contributed by atoms with E-state index in [9.17, 15) is 14.1 Å². The molecule has 1 amide bonds. The van der Waals surface area contributed by atoms with Crippen molar-refractivity contribution < 1.29 is 9.18 Å². The molecular weight excluding hydrogens is 499 g/mol. The number of benzene rings is 1. The van der Waals surface area contributed by atoms with E-state index in [4.69, 9.17) is 17.3 Å². The minimum Gasteiger partial charge on any atom is -0.369 e. The normalized spacial score (nSPS) is 27.4. The van der Waals surface area contributed by atoms with Crippen LogP contribution in [-0.2, 0) is 11.3 Å². The third kappa shape index (κ3) is 5.39. The zero-order chi connectivity index (χ0) is 26.1. The third-order valence-electron chi connectivity index (χ3n) is 8.22. The molecule has 37 heavy (non-hydrogen) atoms. The van der Waals surface area contributed by atoms with Gasteiger partial charge in [-0.1, -0.05) is 0 Å². The van der Waals surface area contributed by atoms with Crippen molar-refractivity contribution >= 4 is 34.7 Å². The molecule has 2 aromatic rings. The van der Waals surface area contributed by atoms with Gasteiger partial charge in [0, 0.05) is 44.5 Å². The summed E-state index contributed by atoms with van der Waals surface area (Å²) in [6.07, 6.45) is 2.73. The van der Waals surface area contributed by atoms with Crippen molar-refractivity contribution in [1.82, 2.24) is 20.2 Å². The number of primary amides is 1. The summed E-state index contributed by atoms with van der Waals surface area (Å²) < 4.78 is 14.3. The first-order valence-corrected chi connectivity index (χ1v) is 13.1. The van der Waals surface area contributed by atoms with Gasteiger partial charge in [0.25, 0.3) is 0 Å². The van der Waals surface area contributed by atoms with Crippen LogP contribution in [0.3, 0.4) is 0 Å². The highest BCUT2D eigenvalue weighted by Gasteiger charge is 2.54. The number of nitrogens with two attached hydrogens (primary N) is 1. The number of fused-ring (bicyclic) bond motifs is 2. The number of hydrogen-bond donors (Lipinski definition) is 3. The van der Waals surface area contributed by atoms with Crippen LogP contribution >= 0.6 is 11.6 Å². The molecule has 2 heterocycles. The molecule has 0 radical (unpaired) electrons. The van der Waals surface area contributed by atoms with E-state index >= 15 is 0 Å². The minimum atomic E-state index is -0.620. The van der Waals surface area contributed by atoms with Crippen LogP contribution in [0.15, 0.2) is 29.6 Å². The van der Waals surface area contributed by atoms with Crippen molar-refractivity contribution in [1.29, 1.82) is 0 Å². The number of aromatic nitrogens is 2. The number of carbonyl (C=O) groups excluding carboxylic acids is 1. The summed E-state index contributed by atoms with van der Waals surface area (Å²) in [4.78, 5) is 35.8. The lowest BCUT2D eigenvalue weighted by Crippen LogP contribution is -2.47. The maximum Gasteiger partial charge on any atom is 0.224 e. The lowest BCUT2D eigenvalue weighted by molar-refractivity contribution is -0.123. The molecular formula is C25H32ClFN8O2. The average Bonchev–Trinajstić information content (AvgIpc) is 3.45. The Labute approximate surface area is 220 Å². The predicted octanol–water partition coefficient (Wildman–Crippen LogP) is 2.75. The summed E-state index contributed by atoms with van der Waals surface area (Å²) in [6.45, 7) is 5.13. The van der Waals surface area contributed by atoms with E-state index in [-0.39, 0.29) is 40.8 Å². The Morgan fingerprint density at radius 1 is 1.27 bits per heavy atom. The molecule has 12 heteroatoms. The summed E-state index contributed by atoms with van der Waals surface area (Å²) in [6, 6.07) is 5.27. The fourth-order valence-corrected chi connectivity index (χ4v) is 6.59. The second-order valence-corrected chi connectivity index (χ2v) is 10.8. The van der Waals surface area contributed by atoms with Crippen LogP contribution in [0.1, 0.15) is 18.4 Å². The minimum absolute atomic E-state index is 0.00879. The van der Waals surface area contributed by atoms with E-state index in [0.29, 0.717) is 12.2 Å². The van der Waals surface area contributed by atoms with E-state index in [1.54, 1.807) is 6.07 Å². The first-order chi connectivity index (χ1) is 17.8. The fourth-order valence-electron chi connectivity index (χ4n) is 6.46. The van der Waals surface area contributed by atoms with Gasteiger partial charge in [-0.25, -0.2) is 9.37 Å². The number of nitroso groups, excluding NO2 is 1. The number of anilines is 2. The summed E-state index contributed by atoms with van der Waals surface area (Å²) >= 11 is 5.87. The first kappa shape index (κ1) is 25.7. The number of nitrogens with zero attached hydrogens (tertiary/aromatic N) is 5. The van der Waals surface area contributed by atoms with Gasteiger partial charge >= 0.3 is 0 Å². The molecule has 10 nitrogen and oxygen atoms in total. The van der Waals surface area contributed by atoms with E-state index in [1.807, 2.05) is 12.1 Å². The molecule has 5 rings (SSSR count). The highest BCUT2D eigenvalue weighted by molar-refractivity contribution is 6.28. The van der Waals surface area contributed by atoms with Crippen molar-refractivity contribution in [2.24, 2.45) is 34.6 Å². The topological polar surface area (TPSA) is 129 Å². The molecule has 2 aliphatic carbocycles. The zero-order valence-corrected chi connectivity index (χ0v) is 21.5. The van der Waals surface area contributed by atoms with E-state index in [2.05, 4.69) is 42.6 Å².